The Balaban J connectivity index is 1.25. The molecule has 7 N–H and O–H groups in total. The number of carbonyl (C=O) groups is 1. The Bertz CT molecular complexity index is 1280. The zero-order chi connectivity index (χ0) is 30.8. The van der Waals surface area contributed by atoms with Crippen LogP contribution in [0, 0.1) is 11.3 Å². The Kier molecular flexibility index (Phi) is 11.0. The van der Waals surface area contributed by atoms with Crippen molar-refractivity contribution >= 4 is 24.4 Å². The maximum absolute atomic E-state index is 12.0. The molecule has 1 aliphatic carbocycles. The molecule has 232 valence electrons. The second-order valence-corrected chi connectivity index (χ2v) is 12.2. The molecule has 0 aromatic carbocycles. The molecule has 0 aromatic rings. The fourth-order valence-electron chi connectivity index (χ4n) is 5.24. The molecule has 0 radical (unpaired) electrons. The third kappa shape index (κ3) is 9.71. The van der Waals surface area contributed by atoms with E-state index in [0.29, 0.717) is 43.8 Å². The molecular weight excluding hydrogens is 544 g/mol. The maximum Gasteiger partial charge on any atom is 0.410 e. The highest BCUT2D eigenvalue weighted by Crippen LogP contribution is 2.28. The molecule has 1 amide bonds. The van der Waals surface area contributed by atoms with E-state index < -0.39 is 5.60 Å². The lowest BCUT2D eigenvalue weighted by molar-refractivity contribution is -0.0608. The van der Waals surface area contributed by atoms with E-state index in [-0.39, 0.29) is 12.2 Å². The standard InChI is InChI=1S/C32H46N8O3/c1-32(2,3)43-31(41)40-20-26(21-40)42-12-11-36-18-25(17-34)24-15-28-27(37-19-24)9-10-30(38-28)39-29(35)14-23(16-33)13-22-7-5-4-6-8-22/h9-10,14-19,22,26,33,37-38H,4-8,11-13,20-21,34H2,1-3H3,(H2,35,39). The van der Waals surface area contributed by atoms with Crippen molar-refractivity contribution in [2.45, 2.75) is 71.0 Å². The molecule has 3 aliphatic heterocycles. The molecule has 1 saturated carbocycles. The molecular formula is C32H46N8O3. The third-order valence-corrected chi connectivity index (χ3v) is 7.48. The van der Waals surface area contributed by atoms with E-state index in [0.717, 1.165) is 34.5 Å². The molecule has 4 rings (SSSR count). The summed E-state index contributed by atoms with van der Waals surface area (Å²) in [5.74, 6) is 1.59. The van der Waals surface area contributed by atoms with Gasteiger partial charge in [0, 0.05) is 36.0 Å². The Hall–Kier alpha value is -4.12. The number of rotatable bonds is 11. The van der Waals surface area contributed by atoms with Crippen molar-refractivity contribution in [1.29, 1.82) is 5.41 Å². The smallest absolute Gasteiger partial charge is 0.410 e. The van der Waals surface area contributed by atoms with Gasteiger partial charge in [-0.1, -0.05) is 32.1 Å². The van der Waals surface area contributed by atoms with Gasteiger partial charge in [0.1, 0.15) is 17.3 Å². The summed E-state index contributed by atoms with van der Waals surface area (Å²) in [6, 6.07) is 0. The van der Waals surface area contributed by atoms with Crippen LogP contribution in [0.1, 0.15) is 59.3 Å². The fourth-order valence-corrected chi connectivity index (χ4v) is 5.24. The van der Waals surface area contributed by atoms with Crippen molar-refractivity contribution in [3.05, 3.63) is 70.6 Å². The van der Waals surface area contributed by atoms with Gasteiger partial charge in [-0.25, -0.2) is 9.79 Å². The van der Waals surface area contributed by atoms with E-state index in [1.807, 2.05) is 45.2 Å². The molecule has 43 heavy (non-hydrogen) atoms. The van der Waals surface area contributed by atoms with Crippen molar-refractivity contribution in [2.24, 2.45) is 27.4 Å². The number of nitrogens with zero attached hydrogens (tertiary/aromatic N) is 3. The van der Waals surface area contributed by atoms with E-state index in [2.05, 4.69) is 20.6 Å². The zero-order valence-electron chi connectivity index (χ0n) is 25.6. The number of amidine groups is 1. The van der Waals surface area contributed by atoms with Crippen molar-refractivity contribution in [1.82, 2.24) is 15.5 Å². The highest BCUT2D eigenvalue weighted by Gasteiger charge is 2.34. The number of nitrogens with two attached hydrogens (primary N) is 2. The summed E-state index contributed by atoms with van der Waals surface area (Å²) in [6.07, 6.45) is 20.9. The molecule has 11 heteroatoms. The first-order valence-electron chi connectivity index (χ1n) is 15.1. The minimum Gasteiger partial charge on any atom is -0.444 e. The summed E-state index contributed by atoms with van der Waals surface area (Å²) >= 11 is 0. The summed E-state index contributed by atoms with van der Waals surface area (Å²) in [6.45, 7) is 7.51. The van der Waals surface area contributed by atoms with Crippen LogP contribution in [0.15, 0.2) is 80.6 Å². The average molecular weight is 591 g/mol. The van der Waals surface area contributed by atoms with Gasteiger partial charge in [-0.3, -0.25) is 4.99 Å². The minimum absolute atomic E-state index is 0.00664. The molecule has 1 saturated heterocycles. The first-order chi connectivity index (χ1) is 20.6. The predicted molar refractivity (Wildman–Crippen MR) is 171 cm³/mol. The normalized spacial score (nSPS) is 20.6. The largest absolute Gasteiger partial charge is 0.444 e. The topological polar surface area (TPSA) is 163 Å². The Morgan fingerprint density at radius 3 is 2.65 bits per heavy atom. The van der Waals surface area contributed by atoms with E-state index in [9.17, 15) is 4.79 Å². The van der Waals surface area contributed by atoms with Gasteiger partial charge in [0.05, 0.1) is 43.7 Å². The second kappa shape index (κ2) is 14.9. The minimum atomic E-state index is -0.506. The lowest BCUT2D eigenvalue weighted by atomic mass is 9.85. The summed E-state index contributed by atoms with van der Waals surface area (Å²) in [5, 5.41) is 14.4. The number of aliphatic imine (C=N–C) groups is 2. The molecule has 0 spiro atoms. The lowest BCUT2D eigenvalue weighted by Gasteiger charge is -2.39. The van der Waals surface area contributed by atoms with Gasteiger partial charge in [-0.2, -0.15) is 0 Å². The number of hydrogen-bond donors (Lipinski definition) is 5. The summed E-state index contributed by atoms with van der Waals surface area (Å²) in [4.78, 5) is 22.7. The van der Waals surface area contributed by atoms with E-state index in [4.69, 9.17) is 26.4 Å². The van der Waals surface area contributed by atoms with Crippen LogP contribution in [0.2, 0.25) is 0 Å². The number of ether oxygens (including phenoxy) is 2. The first-order valence-corrected chi connectivity index (χ1v) is 15.1. The van der Waals surface area contributed by atoms with Crippen LogP contribution < -0.4 is 22.1 Å². The lowest BCUT2D eigenvalue weighted by Crippen LogP contribution is -2.56. The number of hydrogen-bond acceptors (Lipinski definition) is 9. The molecule has 11 nitrogen and oxygen atoms in total. The van der Waals surface area contributed by atoms with Gasteiger partial charge >= 0.3 is 6.09 Å². The van der Waals surface area contributed by atoms with Crippen molar-refractivity contribution in [3.63, 3.8) is 0 Å². The summed E-state index contributed by atoms with van der Waals surface area (Å²) in [5.41, 5.74) is 15.9. The van der Waals surface area contributed by atoms with Crippen LogP contribution in [0.5, 0.6) is 0 Å². The van der Waals surface area contributed by atoms with Gasteiger partial charge in [0.15, 0.2) is 0 Å². The van der Waals surface area contributed by atoms with E-state index >= 15 is 0 Å². The zero-order valence-corrected chi connectivity index (χ0v) is 25.6. The van der Waals surface area contributed by atoms with Crippen LogP contribution in [-0.4, -0.2) is 67.2 Å². The quantitative estimate of drug-likeness (QED) is 0.137. The Labute approximate surface area is 254 Å². The van der Waals surface area contributed by atoms with Gasteiger partial charge < -0.3 is 41.9 Å². The van der Waals surface area contributed by atoms with Crippen LogP contribution in [0.25, 0.3) is 0 Å². The number of dihydropyridines is 2. The van der Waals surface area contributed by atoms with E-state index in [1.54, 1.807) is 17.2 Å². The van der Waals surface area contributed by atoms with Gasteiger partial charge in [0.2, 0.25) is 0 Å². The Morgan fingerprint density at radius 2 is 1.95 bits per heavy atom. The molecule has 0 atom stereocenters. The molecule has 0 unspecified atom stereocenters. The Morgan fingerprint density at radius 1 is 1.19 bits per heavy atom. The third-order valence-electron chi connectivity index (χ3n) is 7.48. The maximum atomic E-state index is 12.0. The monoisotopic (exact) mass is 590 g/mol. The van der Waals surface area contributed by atoms with Crippen LogP contribution >= 0.6 is 0 Å². The number of likely N-dealkylation sites (tertiary alicyclic amines) is 1. The number of fused-ring (bicyclic) bond motifs is 1. The molecule has 2 fully saturated rings. The van der Waals surface area contributed by atoms with E-state index in [1.165, 1.54) is 44.5 Å². The second-order valence-electron chi connectivity index (χ2n) is 12.2. The van der Waals surface area contributed by atoms with Gasteiger partial charge in [-0.05, 0) is 63.0 Å². The van der Waals surface area contributed by atoms with Crippen LogP contribution in [-0.2, 0) is 9.47 Å². The summed E-state index contributed by atoms with van der Waals surface area (Å²) < 4.78 is 11.2. The van der Waals surface area contributed by atoms with Crippen molar-refractivity contribution < 1.29 is 14.3 Å². The average Bonchev–Trinajstić information content (AvgIpc) is 2.94. The first kappa shape index (κ1) is 31.8. The van der Waals surface area contributed by atoms with Crippen LogP contribution in [0.3, 0.4) is 0 Å². The van der Waals surface area contributed by atoms with Crippen molar-refractivity contribution in [3.8, 4) is 0 Å². The summed E-state index contributed by atoms with van der Waals surface area (Å²) in [7, 11) is 0. The number of nitrogens with one attached hydrogen (secondary N) is 3. The predicted octanol–water partition coefficient (Wildman–Crippen LogP) is 4.14. The molecule has 4 aliphatic rings. The van der Waals surface area contributed by atoms with Crippen molar-refractivity contribution in [2.75, 3.05) is 26.2 Å². The van der Waals surface area contributed by atoms with Gasteiger partial charge in [0.25, 0.3) is 0 Å². The number of carbonyl (C=O) groups excluding carboxylic acids is 1. The van der Waals surface area contributed by atoms with Gasteiger partial charge in [-0.15, -0.1) is 0 Å². The highest BCUT2D eigenvalue weighted by atomic mass is 16.6. The SMILES string of the molecule is CC(C)(C)OC(=O)N1CC(OCCN=CC(=CN)C2=CNC3=CC=C(N=C(N)C=C(C=N)CC4CCCCC4)NC3=C2)C1. The molecule has 0 aromatic heterocycles. The van der Waals surface area contributed by atoms with Crippen LogP contribution in [0.4, 0.5) is 4.79 Å². The molecule has 0 bridgehead atoms. The fraction of sp³-hybridized carbons (Fsp3) is 0.500. The number of amides is 1. The number of allylic oxidation sites excluding steroid dienone is 6. The molecule has 3 heterocycles. The highest BCUT2D eigenvalue weighted by molar-refractivity contribution is 5.97.